The second-order valence-corrected chi connectivity index (χ2v) is 8.11. The van der Waals surface area contributed by atoms with E-state index in [0.717, 1.165) is 16.3 Å². The summed E-state index contributed by atoms with van der Waals surface area (Å²) >= 11 is 1.24. The van der Waals surface area contributed by atoms with Gasteiger partial charge in [-0.25, -0.2) is 4.79 Å². The van der Waals surface area contributed by atoms with Crippen molar-refractivity contribution in [2.45, 2.75) is 45.6 Å². The highest BCUT2D eigenvalue weighted by atomic mass is 32.1. The molecule has 2 atom stereocenters. The van der Waals surface area contributed by atoms with Crippen LogP contribution in [0.25, 0.3) is 0 Å². The second kappa shape index (κ2) is 6.12. The maximum absolute atomic E-state index is 12.8. The van der Waals surface area contributed by atoms with E-state index in [1.165, 1.54) is 11.3 Å². The Kier molecular flexibility index (Phi) is 4.29. The molecule has 24 heavy (non-hydrogen) atoms. The highest BCUT2D eigenvalue weighted by Crippen LogP contribution is 2.39. The molecule has 2 N–H and O–H groups in total. The van der Waals surface area contributed by atoms with E-state index >= 15 is 0 Å². The third-order valence-electron chi connectivity index (χ3n) is 4.52. The molecule has 1 spiro atoms. The lowest BCUT2D eigenvalue weighted by molar-refractivity contribution is -0.135. The van der Waals surface area contributed by atoms with Gasteiger partial charge in [0, 0.05) is 0 Å². The number of rotatable bonds is 3. The zero-order valence-electron chi connectivity index (χ0n) is 14.0. The molecule has 0 radical (unpaired) electrons. The Hall–Kier alpha value is -2.03. The largest absolute Gasteiger partial charge is 0.325 e. The summed E-state index contributed by atoms with van der Waals surface area (Å²) in [6.07, 6.45) is 2.28. The average Bonchev–Trinajstić information content (AvgIpc) is 2.95. The van der Waals surface area contributed by atoms with Crippen molar-refractivity contribution in [1.82, 2.24) is 20.4 Å². The lowest BCUT2D eigenvalue weighted by Crippen LogP contribution is -2.52. The Morgan fingerprint density at radius 1 is 1.33 bits per heavy atom. The van der Waals surface area contributed by atoms with Gasteiger partial charge < -0.3 is 5.32 Å². The third kappa shape index (κ3) is 3.12. The first kappa shape index (κ1) is 16.8. The van der Waals surface area contributed by atoms with Gasteiger partial charge in [0.1, 0.15) is 17.1 Å². The van der Waals surface area contributed by atoms with Gasteiger partial charge >= 0.3 is 6.03 Å². The molecule has 3 rings (SSSR count). The first-order chi connectivity index (χ1) is 11.3. The summed E-state index contributed by atoms with van der Waals surface area (Å²) < 4.78 is 0. The van der Waals surface area contributed by atoms with E-state index in [2.05, 4.69) is 34.7 Å². The van der Waals surface area contributed by atoms with Gasteiger partial charge in [0.05, 0.1) is 0 Å². The summed E-state index contributed by atoms with van der Waals surface area (Å²) in [6, 6.07) is -0.495. The monoisotopic (exact) mass is 351 g/mol. The molecule has 2 heterocycles. The number of imide groups is 1. The molecule has 0 aromatic carbocycles. The van der Waals surface area contributed by atoms with Crippen LogP contribution in [0.1, 0.15) is 38.1 Å². The summed E-state index contributed by atoms with van der Waals surface area (Å²) in [6.45, 7) is 5.64. The fourth-order valence-corrected chi connectivity index (χ4v) is 4.48. The van der Waals surface area contributed by atoms with Crippen LogP contribution in [0, 0.1) is 18.8 Å². The first-order valence-electron chi connectivity index (χ1n) is 8.03. The number of hydrogen-bond donors (Lipinski definition) is 2. The molecule has 8 nitrogen and oxygen atoms in total. The first-order valence-corrected chi connectivity index (χ1v) is 8.85. The summed E-state index contributed by atoms with van der Waals surface area (Å²) in [4.78, 5) is 38.2. The quantitative estimate of drug-likeness (QED) is 0.804. The zero-order chi connectivity index (χ0) is 17.5. The standard InChI is InChI=1S/C15H21N5O3S/c1-8-4-9(2)6-15(5-8)12(22)20(14(23)17-15)7-11(21)16-13-19-18-10(3)24-13/h8-9H,4-7H2,1-3H3,(H,17,23)(H,16,19,21). The van der Waals surface area contributed by atoms with E-state index in [9.17, 15) is 14.4 Å². The molecule has 1 saturated carbocycles. The highest BCUT2D eigenvalue weighted by molar-refractivity contribution is 7.15. The lowest BCUT2D eigenvalue weighted by atomic mass is 9.71. The average molecular weight is 351 g/mol. The predicted octanol–water partition coefficient (Wildman–Crippen LogP) is 1.53. The Labute approximate surface area is 144 Å². The molecule has 1 aliphatic heterocycles. The number of carbonyl (C=O) groups is 3. The molecule has 4 amide bonds. The Bertz CT molecular complexity index is 678. The van der Waals surface area contributed by atoms with Crippen molar-refractivity contribution in [3.05, 3.63) is 5.01 Å². The van der Waals surface area contributed by atoms with Crippen LogP contribution >= 0.6 is 11.3 Å². The topological polar surface area (TPSA) is 104 Å². The van der Waals surface area contributed by atoms with Crippen molar-refractivity contribution >= 4 is 34.3 Å². The normalized spacial score (nSPS) is 29.9. The molecular formula is C15H21N5O3S. The van der Waals surface area contributed by atoms with Crippen molar-refractivity contribution in [2.24, 2.45) is 11.8 Å². The van der Waals surface area contributed by atoms with Crippen molar-refractivity contribution in [3.63, 3.8) is 0 Å². The SMILES string of the molecule is Cc1nnc(NC(=O)CN2C(=O)NC3(CC(C)CC(C)C3)C2=O)s1. The van der Waals surface area contributed by atoms with Crippen molar-refractivity contribution in [1.29, 1.82) is 0 Å². The number of hydrogen-bond acceptors (Lipinski definition) is 6. The van der Waals surface area contributed by atoms with Gasteiger partial charge in [0.15, 0.2) is 0 Å². The van der Waals surface area contributed by atoms with E-state index < -0.39 is 17.5 Å². The second-order valence-electron chi connectivity index (χ2n) is 6.93. The minimum absolute atomic E-state index is 0.297. The van der Waals surface area contributed by atoms with Crippen LogP contribution in [0.15, 0.2) is 0 Å². The van der Waals surface area contributed by atoms with Gasteiger partial charge in [-0.1, -0.05) is 25.2 Å². The van der Waals surface area contributed by atoms with Crippen LogP contribution in [0.3, 0.4) is 0 Å². The fraction of sp³-hybridized carbons (Fsp3) is 0.667. The molecule has 1 aromatic rings. The Morgan fingerprint density at radius 2 is 2.00 bits per heavy atom. The van der Waals surface area contributed by atoms with Gasteiger partial charge in [-0.3, -0.25) is 19.8 Å². The molecule has 9 heteroatoms. The summed E-state index contributed by atoms with van der Waals surface area (Å²) in [5, 5.41) is 14.1. The number of anilines is 1. The van der Waals surface area contributed by atoms with E-state index in [4.69, 9.17) is 0 Å². The summed E-state index contributed by atoms with van der Waals surface area (Å²) in [5.74, 6) is -0.0367. The smallest absolute Gasteiger partial charge is 0.323 e. The molecule has 1 aromatic heterocycles. The minimum Gasteiger partial charge on any atom is -0.323 e. The minimum atomic E-state index is -0.853. The van der Waals surface area contributed by atoms with E-state index in [-0.39, 0.29) is 12.5 Å². The van der Waals surface area contributed by atoms with Gasteiger partial charge in [-0.15, -0.1) is 10.2 Å². The maximum atomic E-state index is 12.8. The molecule has 2 unspecified atom stereocenters. The van der Waals surface area contributed by atoms with E-state index in [1.54, 1.807) is 6.92 Å². The summed E-state index contributed by atoms with van der Waals surface area (Å²) in [7, 11) is 0. The van der Waals surface area contributed by atoms with Crippen molar-refractivity contribution in [3.8, 4) is 0 Å². The van der Waals surface area contributed by atoms with Crippen molar-refractivity contribution < 1.29 is 14.4 Å². The maximum Gasteiger partial charge on any atom is 0.325 e. The number of aromatic nitrogens is 2. The third-order valence-corrected chi connectivity index (χ3v) is 5.27. The van der Waals surface area contributed by atoms with Crippen LogP contribution < -0.4 is 10.6 Å². The number of urea groups is 1. The molecular weight excluding hydrogens is 330 g/mol. The molecule has 2 fully saturated rings. The van der Waals surface area contributed by atoms with Crippen LogP contribution in [-0.2, 0) is 9.59 Å². The Morgan fingerprint density at radius 3 is 2.58 bits per heavy atom. The number of carbonyl (C=O) groups excluding carboxylic acids is 3. The van der Waals surface area contributed by atoms with Crippen LogP contribution in [0.4, 0.5) is 9.93 Å². The predicted molar refractivity (Wildman–Crippen MR) is 88.4 cm³/mol. The van der Waals surface area contributed by atoms with Gasteiger partial charge in [-0.2, -0.15) is 0 Å². The van der Waals surface area contributed by atoms with E-state index in [1.807, 2.05) is 0 Å². The van der Waals surface area contributed by atoms with Gasteiger partial charge in [0.25, 0.3) is 5.91 Å². The molecule has 1 aliphatic carbocycles. The van der Waals surface area contributed by atoms with Gasteiger partial charge in [-0.05, 0) is 38.0 Å². The highest BCUT2D eigenvalue weighted by Gasteiger charge is 2.54. The number of nitrogens with one attached hydrogen (secondary N) is 2. The van der Waals surface area contributed by atoms with Crippen LogP contribution in [0.2, 0.25) is 0 Å². The van der Waals surface area contributed by atoms with Crippen LogP contribution in [-0.4, -0.2) is 45.0 Å². The van der Waals surface area contributed by atoms with E-state index in [0.29, 0.717) is 29.8 Å². The molecule has 1 saturated heterocycles. The van der Waals surface area contributed by atoms with Gasteiger partial charge in [0.2, 0.25) is 11.0 Å². The Balaban J connectivity index is 1.69. The summed E-state index contributed by atoms with van der Waals surface area (Å²) in [5.41, 5.74) is -0.853. The lowest BCUT2D eigenvalue weighted by Gasteiger charge is -2.37. The molecule has 2 aliphatic rings. The van der Waals surface area contributed by atoms with Crippen molar-refractivity contribution in [2.75, 3.05) is 11.9 Å². The molecule has 0 bridgehead atoms. The molecule has 130 valence electrons. The number of aryl methyl sites for hydroxylation is 1. The number of amides is 4. The zero-order valence-corrected chi connectivity index (χ0v) is 14.8. The number of nitrogens with zero attached hydrogens (tertiary/aromatic N) is 3. The fourth-order valence-electron chi connectivity index (χ4n) is 3.87. The van der Waals surface area contributed by atoms with Crippen LogP contribution in [0.5, 0.6) is 0 Å².